The molecule has 0 saturated heterocycles. The quantitative estimate of drug-likeness (QED) is 0.425. The van der Waals surface area contributed by atoms with Gasteiger partial charge in [-0.15, -0.1) is 0 Å². The summed E-state index contributed by atoms with van der Waals surface area (Å²) in [7, 11) is 0. The smallest absolute Gasteiger partial charge is 0.405 e. The predicted octanol–water partition coefficient (Wildman–Crippen LogP) is 3.89. The molecule has 3 N–H and O–H groups in total. The van der Waals surface area contributed by atoms with Crippen molar-refractivity contribution in [2.75, 3.05) is 0 Å². The summed E-state index contributed by atoms with van der Waals surface area (Å²) in [5.74, 6) is 0.107. The van der Waals surface area contributed by atoms with E-state index in [1.54, 1.807) is 12.1 Å². The highest BCUT2D eigenvalue weighted by Gasteiger charge is 2.35. The number of rotatable bonds is 8. The first-order chi connectivity index (χ1) is 11.1. The molecule has 0 fully saturated rings. The van der Waals surface area contributed by atoms with E-state index in [1.165, 1.54) is 12.1 Å². The fourth-order valence-corrected chi connectivity index (χ4v) is 3.28. The number of nitrogens with one attached hydrogen (secondary N) is 1. The Morgan fingerprint density at radius 3 is 2.33 bits per heavy atom. The van der Waals surface area contributed by atoms with E-state index in [1.807, 2.05) is 27.7 Å². The number of nitrogens with two attached hydrogens (primary N) is 1. The van der Waals surface area contributed by atoms with Crippen LogP contribution in [0.15, 0.2) is 24.3 Å². The summed E-state index contributed by atoms with van der Waals surface area (Å²) in [5, 5.41) is 18.9. The van der Waals surface area contributed by atoms with Crippen LogP contribution in [0, 0.1) is 27.4 Å². The molecule has 2 unspecified atom stereocenters. The number of ether oxygens (including phenoxy) is 1. The molecule has 1 amide bonds. The van der Waals surface area contributed by atoms with E-state index in [-0.39, 0.29) is 17.5 Å². The minimum atomic E-state index is -0.809. The van der Waals surface area contributed by atoms with E-state index in [0.717, 1.165) is 6.42 Å². The number of hydrogen-bond acceptors (Lipinski definition) is 5. The molecule has 0 aliphatic heterocycles. The molecule has 0 bridgehead atoms. The maximum Gasteiger partial charge on any atom is 0.405 e. The molecule has 1 rings (SSSR count). The van der Waals surface area contributed by atoms with Crippen LogP contribution in [0.5, 0.6) is 0 Å². The van der Waals surface area contributed by atoms with Crippen LogP contribution >= 0.6 is 0 Å². The lowest BCUT2D eigenvalue weighted by Crippen LogP contribution is -2.41. The summed E-state index contributed by atoms with van der Waals surface area (Å²) < 4.78 is 5.23. The van der Waals surface area contributed by atoms with Gasteiger partial charge in [0.05, 0.1) is 4.92 Å². The number of benzene rings is 1. The number of nitro benzene ring substituents is 1. The molecule has 0 heterocycles. The number of nitrogens with zero attached hydrogens (tertiary/aromatic N) is 1. The van der Waals surface area contributed by atoms with Gasteiger partial charge in [0, 0.05) is 23.8 Å². The van der Waals surface area contributed by atoms with Crippen LogP contribution < -0.4 is 5.73 Å². The highest BCUT2D eigenvalue weighted by atomic mass is 16.6. The van der Waals surface area contributed by atoms with Gasteiger partial charge in [-0.25, -0.2) is 4.79 Å². The molecule has 1 aromatic rings. The molecule has 1 aromatic carbocycles. The van der Waals surface area contributed by atoms with Crippen molar-refractivity contribution in [1.29, 1.82) is 5.41 Å². The molecule has 2 atom stereocenters. The number of non-ortho nitro benzene ring substituents is 1. The second-order valence-corrected chi connectivity index (χ2v) is 6.50. The van der Waals surface area contributed by atoms with Gasteiger partial charge < -0.3 is 15.9 Å². The van der Waals surface area contributed by atoms with Crippen molar-refractivity contribution in [2.24, 2.45) is 17.6 Å². The Morgan fingerprint density at radius 1 is 1.38 bits per heavy atom. The molecule has 7 nitrogen and oxygen atoms in total. The van der Waals surface area contributed by atoms with Crippen molar-refractivity contribution in [3.63, 3.8) is 0 Å². The van der Waals surface area contributed by atoms with Gasteiger partial charge in [-0.05, 0) is 50.3 Å². The summed E-state index contributed by atoms with van der Waals surface area (Å²) in [6, 6.07) is 5.95. The molecule has 0 spiro atoms. The van der Waals surface area contributed by atoms with Crippen molar-refractivity contribution >= 4 is 17.5 Å². The van der Waals surface area contributed by atoms with Crippen molar-refractivity contribution in [2.45, 2.75) is 46.1 Å². The van der Waals surface area contributed by atoms with Crippen LogP contribution in [0.2, 0.25) is 0 Å². The molecule has 7 heteroatoms. The lowest BCUT2D eigenvalue weighted by molar-refractivity contribution is -0.384. The van der Waals surface area contributed by atoms with Crippen LogP contribution in [0.1, 0.15) is 46.1 Å². The highest BCUT2D eigenvalue weighted by molar-refractivity contribution is 5.98. The molecule has 0 radical (unpaired) electrons. The van der Waals surface area contributed by atoms with Gasteiger partial charge in [-0.1, -0.05) is 13.8 Å². The molecular formula is C17H25N3O4. The lowest BCUT2D eigenvalue weighted by atomic mass is 9.76. The second-order valence-electron chi connectivity index (χ2n) is 6.50. The summed E-state index contributed by atoms with van der Waals surface area (Å²) in [5.41, 5.74) is 5.46. The number of amides is 1. The molecule has 0 aliphatic rings. The van der Waals surface area contributed by atoms with E-state index in [0.29, 0.717) is 17.7 Å². The Kier molecular flexibility index (Phi) is 6.45. The summed E-state index contributed by atoms with van der Waals surface area (Å²) in [6.45, 7) is 7.64. The van der Waals surface area contributed by atoms with Gasteiger partial charge in [0.2, 0.25) is 0 Å². The maximum absolute atomic E-state index is 11.1. The molecule has 0 saturated carbocycles. The van der Waals surface area contributed by atoms with Crippen molar-refractivity contribution in [1.82, 2.24) is 0 Å². The van der Waals surface area contributed by atoms with E-state index < -0.39 is 16.6 Å². The number of nitro groups is 1. The average Bonchev–Trinajstić information content (AvgIpc) is 2.46. The van der Waals surface area contributed by atoms with Gasteiger partial charge in [0.25, 0.3) is 5.69 Å². The van der Waals surface area contributed by atoms with Crippen LogP contribution in [-0.2, 0) is 4.74 Å². The fourth-order valence-electron chi connectivity index (χ4n) is 3.28. The summed E-state index contributed by atoms with van der Waals surface area (Å²) in [6.07, 6.45) is 0.438. The predicted molar refractivity (Wildman–Crippen MR) is 92.2 cm³/mol. The van der Waals surface area contributed by atoms with Gasteiger partial charge >= 0.3 is 6.09 Å². The molecule has 24 heavy (non-hydrogen) atoms. The standard InChI is InChI=1S/C17H25N3O4/c1-5-14(17(3,4)24-16(19)21)11(2)10-15(18)12-6-8-13(9-7-12)20(22)23/h6-9,11,14,18H,5,10H2,1-4H3,(H2,19,21). The molecule has 0 aliphatic carbocycles. The molecular weight excluding hydrogens is 310 g/mol. The Balaban J connectivity index is 2.83. The van der Waals surface area contributed by atoms with Gasteiger partial charge in [-0.3, -0.25) is 10.1 Å². The number of carbonyl (C=O) groups excluding carboxylic acids is 1. The fraction of sp³-hybridized carbons (Fsp3) is 0.529. The van der Waals surface area contributed by atoms with E-state index in [9.17, 15) is 14.9 Å². The van der Waals surface area contributed by atoms with Gasteiger partial charge in [0.15, 0.2) is 0 Å². The largest absolute Gasteiger partial charge is 0.443 e. The maximum atomic E-state index is 11.1. The normalized spacial score (nSPS) is 13.8. The topological polar surface area (TPSA) is 119 Å². The summed E-state index contributed by atoms with van der Waals surface area (Å²) >= 11 is 0. The van der Waals surface area contributed by atoms with Crippen LogP contribution in [0.3, 0.4) is 0 Å². The lowest BCUT2D eigenvalue weighted by Gasteiger charge is -2.37. The zero-order valence-electron chi connectivity index (χ0n) is 14.5. The van der Waals surface area contributed by atoms with Crippen LogP contribution in [-0.4, -0.2) is 22.3 Å². The van der Waals surface area contributed by atoms with Crippen molar-refractivity contribution < 1.29 is 14.5 Å². The third-order valence-electron chi connectivity index (χ3n) is 4.34. The first-order valence-corrected chi connectivity index (χ1v) is 7.89. The molecule has 0 aromatic heterocycles. The van der Waals surface area contributed by atoms with E-state index in [2.05, 4.69) is 0 Å². The average molecular weight is 335 g/mol. The van der Waals surface area contributed by atoms with E-state index in [4.69, 9.17) is 15.9 Å². The third-order valence-corrected chi connectivity index (χ3v) is 4.34. The van der Waals surface area contributed by atoms with E-state index >= 15 is 0 Å². The first-order valence-electron chi connectivity index (χ1n) is 7.89. The summed E-state index contributed by atoms with van der Waals surface area (Å²) in [4.78, 5) is 21.3. The SMILES string of the molecule is CCC(C(C)CC(=N)c1ccc([N+](=O)[O-])cc1)C(C)(C)OC(N)=O. The number of carbonyl (C=O) groups is 1. The van der Waals surface area contributed by atoms with Crippen LogP contribution in [0.4, 0.5) is 10.5 Å². The second kappa shape index (κ2) is 7.90. The van der Waals surface area contributed by atoms with Crippen molar-refractivity contribution in [3.8, 4) is 0 Å². The Hall–Kier alpha value is -2.44. The number of primary amides is 1. The highest BCUT2D eigenvalue weighted by Crippen LogP contribution is 2.33. The Labute approximate surface area is 141 Å². The zero-order chi connectivity index (χ0) is 18.5. The molecule has 132 valence electrons. The zero-order valence-corrected chi connectivity index (χ0v) is 14.5. The Bertz CT molecular complexity index is 611. The monoisotopic (exact) mass is 335 g/mol. The first kappa shape index (κ1) is 19.6. The van der Waals surface area contributed by atoms with Gasteiger partial charge in [0.1, 0.15) is 5.60 Å². The number of hydrogen-bond donors (Lipinski definition) is 2. The minimum absolute atomic E-state index is 0.00187. The van der Waals surface area contributed by atoms with Crippen molar-refractivity contribution in [3.05, 3.63) is 39.9 Å². The minimum Gasteiger partial charge on any atom is -0.443 e. The van der Waals surface area contributed by atoms with Crippen LogP contribution in [0.25, 0.3) is 0 Å². The van der Waals surface area contributed by atoms with Gasteiger partial charge in [-0.2, -0.15) is 0 Å². The Morgan fingerprint density at radius 2 is 1.92 bits per heavy atom. The third kappa shape index (κ3) is 5.04.